The molecule has 4 rings (SSSR count). The first-order valence-electron chi connectivity index (χ1n) is 9.54. The fourth-order valence-corrected chi connectivity index (χ4v) is 5.10. The number of benzene rings is 2. The first-order chi connectivity index (χ1) is 14.1. The number of thiophene rings is 1. The summed E-state index contributed by atoms with van der Waals surface area (Å²) in [4.78, 5) is 20.2. The Kier molecular flexibility index (Phi) is 6.02. The highest BCUT2D eigenvalue weighted by Gasteiger charge is 2.17. The van der Waals surface area contributed by atoms with Crippen LogP contribution in [0.25, 0.3) is 15.9 Å². The molecule has 0 N–H and O–H groups in total. The molecule has 2 heterocycles. The molecular weight excluding hydrogens is 400 g/mol. The Morgan fingerprint density at radius 3 is 2.45 bits per heavy atom. The smallest absolute Gasteiger partial charge is 0.267 e. The SMILES string of the molecule is Cc1sc2nc(SCCCOc3ccccc3)n(-c3ccccc3)c(=O)c2c1C. The van der Waals surface area contributed by atoms with Gasteiger partial charge in [0.1, 0.15) is 10.6 Å². The van der Waals surface area contributed by atoms with Gasteiger partial charge in [0.05, 0.1) is 17.7 Å². The summed E-state index contributed by atoms with van der Waals surface area (Å²) in [5.74, 6) is 1.70. The Morgan fingerprint density at radius 2 is 1.72 bits per heavy atom. The van der Waals surface area contributed by atoms with Crippen LogP contribution in [0.15, 0.2) is 70.6 Å². The lowest BCUT2D eigenvalue weighted by Gasteiger charge is -2.12. The Morgan fingerprint density at radius 1 is 1.03 bits per heavy atom. The number of hydrogen-bond donors (Lipinski definition) is 0. The van der Waals surface area contributed by atoms with Crippen LogP contribution in [0.4, 0.5) is 0 Å². The highest BCUT2D eigenvalue weighted by atomic mass is 32.2. The van der Waals surface area contributed by atoms with E-state index >= 15 is 0 Å². The second-order valence-electron chi connectivity index (χ2n) is 6.70. The molecular formula is C23H22N2O2S2. The largest absolute Gasteiger partial charge is 0.494 e. The molecule has 2 aromatic carbocycles. The van der Waals surface area contributed by atoms with E-state index in [0.717, 1.165) is 49.4 Å². The van der Waals surface area contributed by atoms with E-state index in [9.17, 15) is 4.79 Å². The number of rotatable bonds is 7. The first kappa shape index (κ1) is 19.7. The summed E-state index contributed by atoms with van der Waals surface area (Å²) in [6, 6.07) is 19.6. The summed E-state index contributed by atoms with van der Waals surface area (Å²) in [6.45, 7) is 4.67. The molecule has 2 aromatic heterocycles. The zero-order valence-electron chi connectivity index (χ0n) is 16.4. The molecule has 0 radical (unpaired) electrons. The van der Waals surface area contributed by atoms with E-state index in [1.807, 2.05) is 74.5 Å². The molecule has 0 aliphatic heterocycles. The van der Waals surface area contributed by atoms with Gasteiger partial charge in [0.2, 0.25) is 0 Å². The van der Waals surface area contributed by atoms with Crippen molar-refractivity contribution < 1.29 is 4.74 Å². The Labute approximate surface area is 178 Å². The predicted octanol–water partition coefficient (Wildman–Crippen LogP) is 5.63. The molecule has 0 amide bonds. The average molecular weight is 423 g/mol. The van der Waals surface area contributed by atoms with Gasteiger partial charge in [-0.05, 0) is 50.1 Å². The highest BCUT2D eigenvalue weighted by molar-refractivity contribution is 7.99. The zero-order chi connectivity index (χ0) is 20.2. The Hall–Kier alpha value is -2.57. The van der Waals surface area contributed by atoms with Crippen LogP contribution in [-0.2, 0) is 0 Å². The fourth-order valence-electron chi connectivity index (χ4n) is 3.11. The number of aromatic nitrogens is 2. The summed E-state index contributed by atoms with van der Waals surface area (Å²) in [5, 5.41) is 1.46. The van der Waals surface area contributed by atoms with E-state index < -0.39 is 0 Å². The average Bonchev–Trinajstić information content (AvgIpc) is 3.03. The molecule has 0 bridgehead atoms. The van der Waals surface area contributed by atoms with E-state index in [1.54, 1.807) is 27.7 Å². The van der Waals surface area contributed by atoms with Crippen molar-refractivity contribution in [1.82, 2.24) is 9.55 Å². The summed E-state index contributed by atoms with van der Waals surface area (Å²) >= 11 is 3.19. The standard InChI is InChI=1S/C23H22N2O2S2/c1-16-17(2)29-21-20(16)22(26)25(18-10-5-3-6-11-18)23(24-21)28-15-9-14-27-19-12-7-4-8-13-19/h3-8,10-13H,9,14-15H2,1-2H3. The van der Waals surface area contributed by atoms with Gasteiger partial charge in [-0.3, -0.25) is 9.36 Å². The molecule has 0 saturated carbocycles. The van der Waals surface area contributed by atoms with Crippen molar-refractivity contribution in [2.75, 3.05) is 12.4 Å². The molecule has 0 aliphatic rings. The zero-order valence-corrected chi connectivity index (χ0v) is 18.1. The third-order valence-electron chi connectivity index (χ3n) is 4.72. The number of para-hydroxylation sites is 2. The van der Waals surface area contributed by atoms with Crippen LogP contribution in [0.1, 0.15) is 16.9 Å². The van der Waals surface area contributed by atoms with Crippen LogP contribution in [-0.4, -0.2) is 21.9 Å². The third-order valence-corrected chi connectivity index (χ3v) is 6.84. The van der Waals surface area contributed by atoms with Gasteiger partial charge in [-0.15, -0.1) is 11.3 Å². The van der Waals surface area contributed by atoms with Crippen molar-refractivity contribution in [2.45, 2.75) is 25.4 Å². The molecule has 4 nitrogen and oxygen atoms in total. The van der Waals surface area contributed by atoms with Crippen molar-refractivity contribution in [3.63, 3.8) is 0 Å². The van der Waals surface area contributed by atoms with Gasteiger partial charge in [0, 0.05) is 10.6 Å². The van der Waals surface area contributed by atoms with Crippen LogP contribution >= 0.6 is 23.1 Å². The van der Waals surface area contributed by atoms with Crippen LogP contribution in [0, 0.1) is 13.8 Å². The molecule has 0 spiro atoms. The third kappa shape index (κ3) is 4.23. The number of hydrogen-bond acceptors (Lipinski definition) is 5. The minimum Gasteiger partial charge on any atom is -0.494 e. The molecule has 4 aromatic rings. The van der Waals surface area contributed by atoms with Crippen molar-refractivity contribution in [1.29, 1.82) is 0 Å². The van der Waals surface area contributed by atoms with Crippen molar-refractivity contribution in [3.05, 3.63) is 81.5 Å². The van der Waals surface area contributed by atoms with E-state index in [2.05, 4.69) is 0 Å². The van der Waals surface area contributed by atoms with Crippen molar-refractivity contribution in [2.24, 2.45) is 0 Å². The van der Waals surface area contributed by atoms with Crippen molar-refractivity contribution in [3.8, 4) is 11.4 Å². The summed E-state index contributed by atoms with van der Waals surface area (Å²) < 4.78 is 7.51. The van der Waals surface area contributed by atoms with Gasteiger partial charge in [-0.2, -0.15) is 0 Å². The van der Waals surface area contributed by atoms with E-state index in [-0.39, 0.29) is 5.56 Å². The second kappa shape index (κ2) is 8.84. The van der Waals surface area contributed by atoms with Crippen LogP contribution in [0.5, 0.6) is 5.75 Å². The van der Waals surface area contributed by atoms with Gasteiger partial charge in [-0.25, -0.2) is 4.98 Å². The van der Waals surface area contributed by atoms with E-state index in [1.165, 1.54) is 0 Å². The summed E-state index contributed by atoms with van der Waals surface area (Å²) in [6.07, 6.45) is 0.866. The van der Waals surface area contributed by atoms with E-state index in [0.29, 0.717) is 6.61 Å². The fraction of sp³-hybridized carbons (Fsp3) is 0.217. The topological polar surface area (TPSA) is 44.1 Å². The second-order valence-corrected chi connectivity index (χ2v) is 8.96. The van der Waals surface area contributed by atoms with Gasteiger partial charge < -0.3 is 4.74 Å². The molecule has 29 heavy (non-hydrogen) atoms. The molecule has 0 unspecified atom stereocenters. The lowest BCUT2D eigenvalue weighted by Crippen LogP contribution is -2.21. The molecule has 0 aliphatic carbocycles. The lowest BCUT2D eigenvalue weighted by molar-refractivity contribution is 0.318. The van der Waals surface area contributed by atoms with Gasteiger partial charge in [0.15, 0.2) is 5.16 Å². The van der Waals surface area contributed by atoms with Gasteiger partial charge in [0.25, 0.3) is 5.56 Å². The number of ether oxygens (including phenoxy) is 1. The normalized spacial score (nSPS) is 11.1. The predicted molar refractivity (Wildman–Crippen MR) is 122 cm³/mol. The van der Waals surface area contributed by atoms with Gasteiger partial charge in [-0.1, -0.05) is 48.2 Å². The monoisotopic (exact) mass is 422 g/mol. The highest BCUT2D eigenvalue weighted by Crippen LogP contribution is 2.29. The van der Waals surface area contributed by atoms with E-state index in [4.69, 9.17) is 9.72 Å². The Bertz CT molecular complexity index is 1170. The summed E-state index contributed by atoms with van der Waals surface area (Å²) in [7, 11) is 0. The van der Waals surface area contributed by atoms with Gasteiger partial charge >= 0.3 is 0 Å². The van der Waals surface area contributed by atoms with Crippen LogP contribution in [0.2, 0.25) is 0 Å². The Balaban J connectivity index is 1.58. The lowest BCUT2D eigenvalue weighted by atomic mass is 10.2. The molecule has 148 valence electrons. The number of aryl methyl sites for hydroxylation is 2. The number of nitrogens with zero attached hydrogens (tertiary/aromatic N) is 2. The maximum Gasteiger partial charge on any atom is 0.267 e. The minimum absolute atomic E-state index is 0.00563. The number of fused-ring (bicyclic) bond motifs is 1. The first-order valence-corrected chi connectivity index (χ1v) is 11.3. The maximum atomic E-state index is 13.3. The number of thioether (sulfide) groups is 1. The van der Waals surface area contributed by atoms with Crippen LogP contribution < -0.4 is 10.3 Å². The molecule has 0 fully saturated rings. The molecule has 0 saturated heterocycles. The quantitative estimate of drug-likeness (QED) is 0.220. The van der Waals surface area contributed by atoms with Crippen molar-refractivity contribution >= 4 is 33.3 Å². The molecule has 0 atom stereocenters. The summed E-state index contributed by atoms with van der Waals surface area (Å²) in [5.41, 5.74) is 1.88. The van der Waals surface area contributed by atoms with Crippen LogP contribution in [0.3, 0.4) is 0 Å². The maximum absolute atomic E-state index is 13.3. The molecule has 6 heteroatoms. The minimum atomic E-state index is 0.00563.